The molecular weight excluding hydrogens is 506 g/mol. The van der Waals surface area contributed by atoms with Gasteiger partial charge in [-0.15, -0.1) is 0 Å². The lowest BCUT2D eigenvalue weighted by Crippen LogP contribution is -2.52. The monoisotopic (exact) mass is 545 g/mol. The number of likely N-dealkylation sites (N-methyl/N-ethyl adjacent to an activating group) is 1. The second kappa shape index (κ2) is 12.5. The van der Waals surface area contributed by atoms with E-state index < -0.39 is 20.0 Å². The highest BCUT2D eigenvalue weighted by Crippen LogP contribution is 2.44. The first-order valence-corrected chi connectivity index (χ1v) is 16.3. The number of hydrogen-bond acceptors (Lipinski definition) is 4. The van der Waals surface area contributed by atoms with Gasteiger partial charge in [0.1, 0.15) is 18.0 Å². The normalized spacial score (nSPS) is 13.2. The van der Waals surface area contributed by atoms with E-state index in [9.17, 15) is 9.90 Å². The van der Waals surface area contributed by atoms with Crippen LogP contribution in [0, 0.1) is 0 Å². The summed E-state index contributed by atoms with van der Waals surface area (Å²) < 4.78 is 13.7. The summed E-state index contributed by atoms with van der Waals surface area (Å²) in [4.78, 5) is 21.7. The number of amides is 1. The summed E-state index contributed by atoms with van der Waals surface area (Å²) in [6.45, 7) is 9.36. The zero-order valence-corrected chi connectivity index (χ0v) is 24.3. The average molecular weight is 546 g/mol. The number of ether oxygens (including phenoxy) is 1. The molecule has 0 radical (unpaired) electrons. The predicted molar refractivity (Wildman–Crippen MR) is 158 cm³/mol. The number of carbonyl (C=O) groups is 1. The summed E-state index contributed by atoms with van der Waals surface area (Å²) in [5, 5.41) is 11.1. The first kappa shape index (κ1) is 28.4. The Morgan fingerprint density at radius 1 is 1.00 bits per heavy atom. The van der Waals surface area contributed by atoms with Gasteiger partial charge < -0.3 is 24.2 Å². The molecule has 0 spiro atoms. The molecule has 39 heavy (non-hydrogen) atoms. The Morgan fingerprint density at radius 2 is 1.74 bits per heavy atom. The van der Waals surface area contributed by atoms with Gasteiger partial charge in [-0.05, 0) is 42.8 Å². The van der Waals surface area contributed by atoms with Crippen LogP contribution >= 0.6 is 0 Å². The minimum absolute atomic E-state index is 0.154. The molecule has 4 aromatic rings. The zero-order chi connectivity index (χ0) is 27.9. The number of aromatic nitrogens is 2. The minimum atomic E-state index is -2.26. The van der Waals surface area contributed by atoms with Crippen LogP contribution in [0.3, 0.4) is 0 Å². The Hall–Kier alpha value is -3.62. The molecule has 0 aliphatic rings. The second-order valence-electron chi connectivity index (χ2n) is 9.87. The predicted octanol–water partition coefficient (Wildman–Crippen LogP) is 7.41. The van der Waals surface area contributed by atoms with Gasteiger partial charge in [-0.1, -0.05) is 69.3 Å². The van der Waals surface area contributed by atoms with Crippen molar-refractivity contribution in [3.05, 3.63) is 95.9 Å². The van der Waals surface area contributed by atoms with E-state index in [0.717, 1.165) is 51.5 Å². The lowest BCUT2D eigenvalue weighted by atomic mass is 9.86. The third-order valence-corrected chi connectivity index (χ3v) is 12.5. The molecule has 2 aromatic carbocycles. The molecule has 206 valence electrons. The van der Waals surface area contributed by atoms with Crippen molar-refractivity contribution in [3.63, 3.8) is 0 Å². The highest BCUT2D eigenvalue weighted by atomic mass is 28.4. The molecule has 1 atom stereocenters. The van der Waals surface area contributed by atoms with Gasteiger partial charge in [0.25, 0.3) is 0 Å². The topological polar surface area (TPSA) is 87.7 Å². The lowest BCUT2D eigenvalue weighted by molar-refractivity contribution is 0.0504. The van der Waals surface area contributed by atoms with Crippen LogP contribution < -0.4 is 4.74 Å². The van der Waals surface area contributed by atoms with E-state index in [1.165, 1.54) is 4.90 Å². The van der Waals surface area contributed by atoms with Crippen molar-refractivity contribution in [1.82, 2.24) is 14.9 Å². The number of pyridine rings is 1. The smallest absolute Gasteiger partial charge is 0.407 e. The minimum Gasteiger partial charge on any atom is -0.487 e. The molecule has 2 N–H and O–H groups in total. The summed E-state index contributed by atoms with van der Waals surface area (Å²) in [6, 6.07) is 22.7. The van der Waals surface area contributed by atoms with Gasteiger partial charge in [0.2, 0.25) is 0 Å². The number of H-pyrrole nitrogens is 1. The summed E-state index contributed by atoms with van der Waals surface area (Å²) in [5.74, 6) is 0.734. The molecule has 1 amide bonds. The Kier molecular flexibility index (Phi) is 9.09. The standard InChI is InChI=1S/C31H39N3O4Si/c1-5-34(30(35)36)23-31(25-16-13-19-32-20-25,38-39(6-2,7-3)8-4)27-21-33-29-26(27)17-12-18-28(29)37-22-24-14-10-9-11-15-24/h9-21,33H,5-8,22-23H2,1-4H3,(H,35,36)/t31-/m0/s1. The highest BCUT2D eigenvalue weighted by molar-refractivity contribution is 6.73. The Bertz CT molecular complexity index is 1350. The number of rotatable bonds is 13. The number of nitrogens with zero attached hydrogens (tertiary/aromatic N) is 2. The van der Waals surface area contributed by atoms with Crippen LogP contribution in [0.5, 0.6) is 5.75 Å². The molecule has 0 saturated heterocycles. The molecule has 2 aromatic heterocycles. The van der Waals surface area contributed by atoms with E-state index in [1.54, 1.807) is 6.20 Å². The third kappa shape index (κ3) is 5.87. The summed E-state index contributed by atoms with van der Waals surface area (Å²) in [7, 11) is -2.26. The van der Waals surface area contributed by atoms with Crippen LogP contribution in [0.4, 0.5) is 4.79 Å². The molecular formula is C31H39N3O4Si. The molecule has 7 nitrogen and oxygen atoms in total. The van der Waals surface area contributed by atoms with E-state index in [-0.39, 0.29) is 6.54 Å². The Labute approximate surface area is 231 Å². The van der Waals surface area contributed by atoms with Gasteiger partial charge in [-0.2, -0.15) is 0 Å². The van der Waals surface area contributed by atoms with Gasteiger partial charge in [0.15, 0.2) is 8.32 Å². The van der Waals surface area contributed by atoms with Gasteiger partial charge in [0, 0.05) is 41.6 Å². The molecule has 0 saturated carbocycles. The number of benzene rings is 2. The van der Waals surface area contributed by atoms with Crippen LogP contribution in [0.15, 0.2) is 79.3 Å². The van der Waals surface area contributed by atoms with Crippen molar-refractivity contribution in [1.29, 1.82) is 0 Å². The van der Waals surface area contributed by atoms with E-state index in [2.05, 4.69) is 36.8 Å². The Morgan fingerprint density at radius 3 is 2.36 bits per heavy atom. The van der Waals surface area contributed by atoms with Gasteiger partial charge in [-0.25, -0.2) is 4.79 Å². The molecule has 0 aliphatic carbocycles. The molecule has 4 rings (SSSR count). The van der Waals surface area contributed by atoms with E-state index in [1.807, 2.05) is 73.9 Å². The van der Waals surface area contributed by atoms with Crippen molar-refractivity contribution in [2.45, 2.75) is 58.0 Å². The first-order chi connectivity index (χ1) is 18.9. The van der Waals surface area contributed by atoms with Crippen LogP contribution in [-0.4, -0.2) is 47.5 Å². The fourth-order valence-corrected chi connectivity index (χ4v) is 8.28. The molecule has 0 bridgehead atoms. The van der Waals surface area contributed by atoms with E-state index >= 15 is 0 Å². The number of para-hydroxylation sites is 1. The largest absolute Gasteiger partial charge is 0.487 e. The summed E-state index contributed by atoms with van der Waals surface area (Å²) in [5.41, 5.74) is 2.62. The lowest BCUT2D eigenvalue weighted by Gasteiger charge is -2.44. The summed E-state index contributed by atoms with van der Waals surface area (Å²) in [6.07, 6.45) is 4.53. The van der Waals surface area contributed by atoms with Crippen LogP contribution in [0.2, 0.25) is 18.1 Å². The third-order valence-electron chi connectivity index (χ3n) is 7.87. The number of carboxylic acid groups (broad SMARTS) is 1. The van der Waals surface area contributed by atoms with Crippen LogP contribution in [0.1, 0.15) is 44.4 Å². The fraction of sp³-hybridized carbons (Fsp3) is 0.355. The van der Waals surface area contributed by atoms with E-state index in [4.69, 9.17) is 9.16 Å². The summed E-state index contributed by atoms with van der Waals surface area (Å²) >= 11 is 0. The van der Waals surface area contributed by atoms with Gasteiger partial charge >= 0.3 is 6.09 Å². The number of hydrogen-bond donors (Lipinski definition) is 2. The van der Waals surface area contributed by atoms with Crippen molar-refractivity contribution in [2.75, 3.05) is 13.1 Å². The zero-order valence-electron chi connectivity index (χ0n) is 23.3. The Balaban J connectivity index is 1.91. The number of fused-ring (bicyclic) bond motifs is 1. The van der Waals surface area contributed by atoms with Crippen LogP contribution in [0.25, 0.3) is 10.9 Å². The van der Waals surface area contributed by atoms with Gasteiger partial charge in [-0.3, -0.25) is 4.98 Å². The van der Waals surface area contributed by atoms with Crippen molar-refractivity contribution < 1.29 is 19.1 Å². The average Bonchev–Trinajstić information content (AvgIpc) is 3.43. The second-order valence-corrected chi connectivity index (χ2v) is 14.6. The van der Waals surface area contributed by atoms with Crippen molar-refractivity contribution in [3.8, 4) is 5.75 Å². The van der Waals surface area contributed by atoms with Crippen molar-refractivity contribution >= 4 is 25.3 Å². The fourth-order valence-electron chi connectivity index (χ4n) is 5.32. The highest BCUT2D eigenvalue weighted by Gasteiger charge is 2.46. The maximum Gasteiger partial charge on any atom is 0.407 e. The van der Waals surface area contributed by atoms with E-state index in [0.29, 0.717) is 13.2 Å². The first-order valence-electron chi connectivity index (χ1n) is 13.8. The number of aromatic amines is 1. The quantitative estimate of drug-likeness (QED) is 0.171. The molecule has 0 unspecified atom stereocenters. The molecule has 0 fully saturated rings. The molecule has 8 heteroatoms. The van der Waals surface area contributed by atoms with Crippen LogP contribution in [-0.2, 0) is 16.6 Å². The number of nitrogens with one attached hydrogen (secondary N) is 1. The maximum absolute atomic E-state index is 12.4. The molecule has 0 aliphatic heterocycles. The van der Waals surface area contributed by atoms with Crippen molar-refractivity contribution in [2.24, 2.45) is 0 Å². The van der Waals surface area contributed by atoms with Gasteiger partial charge in [0.05, 0.1) is 12.1 Å². The molecule has 2 heterocycles. The maximum atomic E-state index is 12.4. The SMILES string of the molecule is CCN(C[C@](O[Si](CC)(CC)CC)(c1cccnc1)c1c[nH]c2c(OCc3ccccc3)cccc12)C(=O)O.